The second kappa shape index (κ2) is 7.69. The molecule has 5 nitrogen and oxygen atoms in total. The van der Waals surface area contributed by atoms with Crippen LogP contribution in [0.3, 0.4) is 0 Å². The van der Waals surface area contributed by atoms with E-state index < -0.39 is 5.91 Å². The summed E-state index contributed by atoms with van der Waals surface area (Å²) >= 11 is 0. The number of rotatable bonds is 6. The van der Waals surface area contributed by atoms with Gasteiger partial charge in [0.2, 0.25) is 5.91 Å². The summed E-state index contributed by atoms with van der Waals surface area (Å²) in [5.74, 6) is 1.22. The second-order valence-electron chi connectivity index (χ2n) is 7.44. The Hall–Kier alpha value is -3.99. The number of benzene rings is 3. The number of carbonyl (C=O) groups is 1. The van der Waals surface area contributed by atoms with Crippen LogP contribution >= 0.6 is 0 Å². The topological polar surface area (TPSA) is 70.4 Å². The fraction of sp³-hybridized carbons (Fsp3) is 0.115. The van der Waals surface area contributed by atoms with Crippen molar-refractivity contribution in [2.75, 3.05) is 6.61 Å². The normalized spacial score (nSPS) is 11.3. The molecule has 5 rings (SSSR count). The molecule has 0 saturated carbocycles. The summed E-state index contributed by atoms with van der Waals surface area (Å²) in [7, 11) is 0. The molecule has 5 heteroatoms. The van der Waals surface area contributed by atoms with E-state index in [1.807, 2.05) is 55.5 Å². The number of amides is 1. The molecule has 0 bridgehead atoms. The van der Waals surface area contributed by atoms with E-state index in [0.717, 1.165) is 44.4 Å². The highest BCUT2D eigenvalue weighted by molar-refractivity contribution is 6.18. The minimum absolute atomic E-state index is 0.430. The number of ether oxygens (including phenoxy) is 1. The van der Waals surface area contributed by atoms with Crippen LogP contribution < -0.4 is 10.5 Å². The van der Waals surface area contributed by atoms with Crippen LogP contribution in [0, 0.1) is 0 Å². The summed E-state index contributed by atoms with van der Waals surface area (Å²) in [6, 6.07) is 23.8. The lowest BCUT2D eigenvalue weighted by Gasteiger charge is -2.10. The van der Waals surface area contributed by atoms with Crippen molar-refractivity contribution in [2.45, 2.75) is 13.5 Å². The predicted molar refractivity (Wildman–Crippen MR) is 122 cm³/mol. The Labute approximate surface area is 179 Å². The summed E-state index contributed by atoms with van der Waals surface area (Å²) in [4.78, 5) is 12.2. The van der Waals surface area contributed by atoms with Gasteiger partial charge in [-0.05, 0) is 55.0 Å². The molecule has 5 aromatic rings. The van der Waals surface area contributed by atoms with E-state index in [2.05, 4.69) is 22.8 Å². The Kier molecular flexibility index (Phi) is 4.71. The maximum absolute atomic E-state index is 12.2. The second-order valence-corrected chi connectivity index (χ2v) is 7.44. The van der Waals surface area contributed by atoms with Crippen LogP contribution in [-0.2, 0) is 6.54 Å². The van der Waals surface area contributed by atoms with E-state index >= 15 is 0 Å². The lowest BCUT2D eigenvalue weighted by atomic mass is 10.0. The highest BCUT2D eigenvalue weighted by Gasteiger charge is 2.17. The predicted octanol–water partition coefficient (Wildman–Crippen LogP) is 5.60. The van der Waals surface area contributed by atoms with Gasteiger partial charge in [-0.25, -0.2) is 0 Å². The third kappa shape index (κ3) is 3.34. The van der Waals surface area contributed by atoms with Crippen molar-refractivity contribution in [1.82, 2.24) is 4.57 Å². The molecule has 0 aliphatic rings. The first-order valence-electron chi connectivity index (χ1n) is 10.3. The fourth-order valence-electron chi connectivity index (χ4n) is 4.16. The number of nitrogens with two attached hydrogens (primary N) is 1. The number of primary amides is 1. The third-order valence-electron chi connectivity index (χ3n) is 5.54. The van der Waals surface area contributed by atoms with E-state index in [0.29, 0.717) is 18.7 Å². The number of hydrogen-bond donors (Lipinski definition) is 1. The molecule has 0 radical (unpaired) electrons. The Morgan fingerprint density at radius 1 is 1.00 bits per heavy atom. The summed E-state index contributed by atoms with van der Waals surface area (Å²) in [6.07, 6.45) is 1.67. The standard InChI is InChI=1S/C26H22N2O3/c1-2-30-19-11-8-17(9-12-19)16-28-22-6-3-5-21(26(27)29)25(22)20-13-10-18(15-23(20)28)24-7-4-14-31-24/h3-15H,2,16H2,1H3,(H2,27,29). The molecule has 0 saturated heterocycles. The number of carbonyl (C=O) groups excluding carboxylic acids is 1. The number of aromatic nitrogens is 1. The Balaban J connectivity index is 1.72. The molecule has 0 fully saturated rings. The molecule has 3 aromatic carbocycles. The van der Waals surface area contributed by atoms with Crippen molar-refractivity contribution < 1.29 is 13.9 Å². The fourth-order valence-corrected chi connectivity index (χ4v) is 4.16. The number of hydrogen-bond acceptors (Lipinski definition) is 3. The summed E-state index contributed by atoms with van der Waals surface area (Å²) < 4.78 is 13.4. The van der Waals surface area contributed by atoms with Crippen molar-refractivity contribution in [3.05, 3.63) is 90.2 Å². The van der Waals surface area contributed by atoms with E-state index in [-0.39, 0.29) is 0 Å². The molecule has 0 unspecified atom stereocenters. The highest BCUT2D eigenvalue weighted by Crippen LogP contribution is 2.35. The van der Waals surface area contributed by atoms with Gasteiger partial charge in [0.15, 0.2) is 0 Å². The largest absolute Gasteiger partial charge is 0.494 e. The smallest absolute Gasteiger partial charge is 0.249 e. The van der Waals surface area contributed by atoms with Crippen LogP contribution in [0.4, 0.5) is 0 Å². The van der Waals surface area contributed by atoms with Crippen molar-refractivity contribution in [3.8, 4) is 17.1 Å². The van der Waals surface area contributed by atoms with Gasteiger partial charge in [-0.15, -0.1) is 0 Å². The average Bonchev–Trinajstić information content (AvgIpc) is 3.42. The Morgan fingerprint density at radius 3 is 2.55 bits per heavy atom. The lowest BCUT2D eigenvalue weighted by Crippen LogP contribution is -2.11. The van der Waals surface area contributed by atoms with Crippen LogP contribution in [0.1, 0.15) is 22.8 Å². The third-order valence-corrected chi connectivity index (χ3v) is 5.54. The van der Waals surface area contributed by atoms with E-state index in [4.69, 9.17) is 14.9 Å². The van der Waals surface area contributed by atoms with Gasteiger partial charge in [0.05, 0.1) is 23.9 Å². The number of furan rings is 1. The van der Waals surface area contributed by atoms with Crippen LogP contribution in [-0.4, -0.2) is 17.1 Å². The summed E-state index contributed by atoms with van der Waals surface area (Å²) in [5, 5.41) is 1.87. The van der Waals surface area contributed by atoms with Gasteiger partial charge in [-0.1, -0.05) is 30.3 Å². The zero-order valence-corrected chi connectivity index (χ0v) is 17.2. The monoisotopic (exact) mass is 410 g/mol. The quantitative estimate of drug-likeness (QED) is 0.396. The number of fused-ring (bicyclic) bond motifs is 3. The van der Waals surface area contributed by atoms with Crippen molar-refractivity contribution in [3.63, 3.8) is 0 Å². The molecule has 154 valence electrons. The van der Waals surface area contributed by atoms with E-state index in [1.54, 1.807) is 12.3 Å². The SMILES string of the molecule is CCOc1ccc(Cn2c3cc(-c4ccco4)ccc3c3c(C(N)=O)cccc32)cc1. The maximum Gasteiger partial charge on any atom is 0.249 e. The first kappa shape index (κ1) is 19.0. The molecular formula is C26H22N2O3. The van der Waals surface area contributed by atoms with Crippen molar-refractivity contribution >= 4 is 27.7 Å². The molecule has 0 spiro atoms. The number of nitrogens with zero attached hydrogens (tertiary/aromatic N) is 1. The zero-order valence-electron chi connectivity index (χ0n) is 17.2. The summed E-state index contributed by atoms with van der Waals surface area (Å²) in [5.41, 5.74) is 10.3. The maximum atomic E-state index is 12.2. The van der Waals surface area contributed by atoms with E-state index in [9.17, 15) is 4.79 Å². The minimum Gasteiger partial charge on any atom is -0.494 e. The Morgan fingerprint density at radius 2 is 1.84 bits per heavy atom. The average molecular weight is 410 g/mol. The highest BCUT2D eigenvalue weighted by atomic mass is 16.5. The Bertz CT molecular complexity index is 1380. The molecule has 0 aliphatic carbocycles. The minimum atomic E-state index is -0.430. The first-order valence-corrected chi connectivity index (χ1v) is 10.3. The van der Waals surface area contributed by atoms with E-state index in [1.165, 1.54) is 0 Å². The molecule has 2 aromatic heterocycles. The van der Waals surface area contributed by atoms with Gasteiger partial charge in [0.1, 0.15) is 11.5 Å². The molecule has 2 heterocycles. The molecular weight excluding hydrogens is 388 g/mol. The van der Waals surface area contributed by atoms with Crippen molar-refractivity contribution in [1.29, 1.82) is 0 Å². The van der Waals surface area contributed by atoms with Gasteiger partial charge >= 0.3 is 0 Å². The molecule has 0 atom stereocenters. The first-order chi connectivity index (χ1) is 15.2. The lowest BCUT2D eigenvalue weighted by molar-refractivity contribution is 0.100. The van der Waals surface area contributed by atoms with Gasteiger partial charge in [-0.2, -0.15) is 0 Å². The van der Waals surface area contributed by atoms with Gasteiger partial charge in [0, 0.05) is 28.4 Å². The molecule has 31 heavy (non-hydrogen) atoms. The van der Waals surface area contributed by atoms with Crippen LogP contribution in [0.2, 0.25) is 0 Å². The van der Waals surface area contributed by atoms with Gasteiger partial charge < -0.3 is 19.5 Å². The van der Waals surface area contributed by atoms with Gasteiger partial charge in [-0.3, -0.25) is 4.79 Å². The molecule has 1 amide bonds. The molecule has 2 N–H and O–H groups in total. The van der Waals surface area contributed by atoms with Crippen LogP contribution in [0.15, 0.2) is 83.5 Å². The van der Waals surface area contributed by atoms with Crippen LogP contribution in [0.25, 0.3) is 33.1 Å². The zero-order chi connectivity index (χ0) is 21.4. The van der Waals surface area contributed by atoms with Crippen molar-refractivity contribution in [2.24, 2.45) is 5.73 Å². The van der Waals surface area contributed by atoms with Crippen LogP contribution in [0.5, 0.6) is 5.75 Å². The summed E-state index contributed by atoms with van der Waals surface area (Å²) in [6.45, 7) is 3.26. The molecule has 0 aliphatic heterocycles. The van der Waals surface area contributed by atoms with Gasteiger partial charge in [0.25, 0.3) is 0 Å².